The van der Waals surface area contributed by atoms with Crippen molar-refractivity contribution in [1.82, 2.24) is 0 Å². The predicted molar refractivity (Wildman–Crippen MR) is 45.9 cm³/mol. The zero-order valence-electron chi connectivity index (χ0n) is 7.35. The van der Waals surface area contributed by atoms with E-state index in [-0.39, 0.29) is 0 Å². The maximum absolute atomic E-state index is 3.89. The van der Waals surface area contributed by atoms with Crippen LogP contribution in [0.4, 0.5) is 0 Å². The van der Waals surface area contributed by atoms with Gasteiger partial charge in [-0.15, -0.1) is 6.58 Å². The van der Waals surface area contributed by atoms with Gasteiger partial charge in [0, 0.05) is 0 Å². The summed E-state index contributed by atoms with van der Waals surface area (Å²) in [5.41, 5.74) is 0.621. The van der Waals surface area contributed by atoms with Crippen LogP contribution in [-0.4, -0.2) is 0 Å². The van der Waals surface area contributed by atoms with Gasteiger partial charge >= 0.3 is 0 Å². The first-order valence-corrected chi connectivity index (χ1v) is 4.23. The van der Waals surface area contributed by atoms with Crippen LogP contribution in [0.2, 0.25) is 0 Å². The van der Waals surface area contributed by atoms with E-state index in [2.05, 4.69) is 33.4 Å². The number of allylic oxidation sites excluding steroid dienone is 1. The Labute approximate surface area is 64.3 Å². The molecule has 0 radical (unpaired) electrons. The highest BCUT2D eigenvalue weighted by Gasteiger charge is 2.44. The van der Waals surface area contributed by atoms with E-state index in [1.165, 1.54) is 12.8 Å². The van der Waals surface area contributed by atoms with Crippen LogP contribution >= 0.6 is 0 Å². The third-order valence-electron chi connectivity index (χ3n) is 2.82. The maximum atomic E-state index is 3.89. The largest absolute Gasteiger partial charge is 0.103 e. The van der Waals surface area contributed by atoms with E-state index in [1.54, 1.807) is 0 Å². The quantitative estimate of drug-likeness (QED) is 0.525. The third-order valence-corrected chi connectivity index (χ3v) is 2.82. The zero-order chi connectivity index (χ0) is 7.78. The fourth-order valence-corrected chi connectivity index (χ4v) is 1.89. The van der Waals surface area contributed by atoms with Gasteiger partial charge in [0.05, 0.1) is 0 Å². The van der Waals surface area contributed by atoms with E-state index in [0.29, 0.717) is 5.41 Å². The summed E-state index contributed by atoms with van der Waals surface area (Å²) in [6, 6.07) is 0. The summed E-state index contributed by atoms with van der Waals surface area (Å²) in [4.78, 5) is 0. The first kappa shape index (κ1) is 7.84. The van der Waals surface area contributed by atoms with Gasteiger partial charge in [-0.2, -0.15) is 0 Å². The lowest BCUT2D eigenvalue weighted by Crippen LogP contribution is -2.15. The Kier molecular flexibility index (Phi) is 1.89. The van der Waals surface area contributed by atoms with Gasteiger partial charge < -0.3 is 0 Å². The number of rotatable bonds is 3. The van der Waals surface area contributed by atoms with E-state index in [4.69, 9.17) is 0 Å². The second kappa shape index (κ2) is 2.41. The average Bonchev–Trinajstić information content (AvgIpc) is 2.49. The van der Waals surface area contributed by atoms with Crippen molar-refractivity contribution in [2.45, 2.75) is 33.6 Å². The third kappa shape index (κ3) is 1.25. The number of hydrogen-bond donors (Lipinski definition) is 0. The Hall–Kier alpha value is -0.260. The lowest BCUT2D eigenvalue weighted by Gasteiger charge is -2.23. The topological polar surface area (TPSA) is 0 Å². The van der Waals surface area contributed by atoms with E-state index in [9.17, 15) is 0 Å². The van der Waals surface area contributed by atoms with Gasteiger partial charge in [-0.25, -0.2) is 0 Å². The predicted octanol–water partition coefficient (Wildman–Crippen LogP) is 3.24. The summed E-state index contributed by atoms with van der Waals surface area (Å²) in [5.74, 6) is 1.51. The highest BCUT2D eigenvalue weighted by atomic mass is 14.5. The van der Waals surface area contributed by atoms with Gasteiger partial charge in [0.2, 0.25) is 0 Å². The van der Waals surface area contributed by atoms with Crippen molar-refractivity contribution in [3.63, 3.8) is 0 Å². The SMILES string of the molecule is C=CC(C(C)C)C1(C)CC1. The summed E-state index contributed by atoms with van der Waals surface area (Å²) in [6.07, 6.45) is 4.95. The lowest BCUT2D eigenvalue weighted by molar-refractivity contribution is 0.314. The van der Waals surface area contributed by atoms with Gasteiger partial charge in [-0.3, -0.25) is 0 Å². The molecule has 10 heavy (non-hydrogen) atoms. The zero-order valence-corrected chi connectivity index (χ0v) is 7.35. The molecule has 1 atom stereocenters. The maximum Gasteiger partial charge on any atom is -0.0159 e. The monoisotopic (exact) mass is 138 g/mol. The molecule has 1 saturated carbocycles. The molecule has 1 aliphatic carbocycles. The molecule has 0 aliphatic heterocycles. The van der Waals surface area contributed by atoms with Crippen LogP contribution in [0.25, 0.3) is 0 Å². The van der Waals surface area contributed by atoms with E-state index >= 15 is 0 Å². The van der Waals surface area contributed by atoms with Crippen LogP contribution in [-0.2, 0) is 0 Å². The molecule has 0 amide bonds. The minimum atomic E-state index is 0.621. The minimum absolute atomic E-state index is 0.621. The van der Waals surface area contributed by atoms with Gasteiger partial charge in [-0.05, 0) is 30.1 Å². The van der Waals surface area contributed by atoms with Crippen molar-refractivity contribution in [3.05, 3.63) is 12.7 Å². The highest BCUT2D eigenvalue weighted by molar-refractivity contribution is 5.02. The van der Waals surface area contributed by atoms with Crippen molar-refractivity contribution < 1.29 is 0 Å². The van der Waals surface area contributed by atoms with E-state index in [1.807, 2.05) is 0 Å². The van der Waals surface area contributed by atoms with Crippen LogP contribution in [0.1, 0.15) is 33.6 Å². The van der Waals surface area contributed by atoms with Crippen molar-refractivity contribution in [2.24, 2.45) is 17.3 Å². The lowest BCUT2D eigenvalue weighted by atomic mass is 9.82. The fraction of sp³-hybridized carbons (Fsp3) is 0.800. The van der Waals surface area contributed by atoms with Crippen molar-refractivity contribution in [3.8, 4) is 0 Å². The summed E-state index contributed by atoms with van der Waals surface area (Å²) in [5, 5.41) is 0. The molecular formula is C10H18. The van der Waals surface area contributed by atoms with Gasteiger partial charge in [-0.1, -0.05) is 26.8 Å². The first-order valence-electron chi connectivity index (χ1n) is 4.23. The molecule has 0 aromatic rings. The van der Waals surface area contributed by atoms with Crippen LogP contribution in [0, 0.1) is 17.3 Å². The average molecular weight is 138 g/mol. The molecule has 1 aliphatic rings. The van der Waals surface area contributed by atoms with Gasteiger partial charge in [0.15, 0.2) is 0 Å². The molecule has 0 heteroatoms. The molecule has 1 unspecified atom stereocenters. The van der Waals surface area contributed by atoms with Crippen LogP contribution in [0.15, 0.2) is 12.7 Å². The minimum Gasteiger partial charge on any atom is -0.103 e. The molecular weight excluding hydrogens is 120 g/mol. The van der Waals surface area contributed by atoms with Crippen molar-refractivity contribution in [2.75, 3.05) is 0 Å². The van der Waals surface area contributed by atoms with Gasteiger partial charge in [0.1, 0.15) is 0 Å². The highest BCUT2D eigenvalue weighted by Crippen LogP contribution is 2.54. The number of hydrogen-bond acceptors (Lipinski definition) is 0. The van der Waals surface area contributed by atoms with Crippen molar-refractivity contribution in [1.29, 1.82) is 0 Å². The molecule has 0 aromatic carbocycles. The summed E-state index contributed by atoms with van der Waals surface area (Å²) in [6.45, 7) is 10.8. The van der Waals surface area contributed by atoms with E-state index in [0.717, 1.165) is 11.8 Å². The Balaban J connectivity index is 2.56. The standard InChI is InChI=1S/C10H18/c1-5-9(8(2)3)10(4)6-7-10/h5,8-9H,1,6-7H2,2-4H3. The molecule has 1 rings (SSSR count). The Morgan fingerprint density at radius 3 is 2.00 bits per heavy atom. The molecule has 0 nitrogen and oxygen atoms in total. The molecule has 0 heterocycles. The van der Waals surface area contributed by atoms with Gasteiger partial charge in [0.25, 0.3) is 0 Å². The first-order chi connectivity index (χ1) is 4.60. The molecule has 58 valence electrons. The Bertz CT molecular complexity index is 129. The molecule has 0 N–H and O–H groups in total. The Morgan fingerprint density at radius 2 is 1.90 bits per heavy atom. The van der Waals surface area contributed by atoms with Crippen LogP contribution < -0.4 is 0 Å². The second-order valence-electron chi connectivity index (χ2n) is 4.16. The summed E-state index contributed by atoms with van der Waals surface area (Å²) < 4.78 is 0. The molecule has 0 aromatic heterocycles. The molecule has 1 fully saturated rings. The van der Waals surface area contributed by atoms with Crippen molar-refractivity contribution >= 4 is 0 Å². The van der Waals surface area contributed by atoms with E-state index < -0.39 is 0 Å². The normalized spacial score (nSPS) is 24.4. The molecule has 0 spiro atoms. The fourth-order valence-electron chi connectivity index (χ4n) is 1.89. The molecule has 0 saturated heterocycles. The van der Waals surface area contributed by atoms with Crippen LogP contribution in [0.3, 0.4) is 0 Å². The van der Waals surface area contributed by atoms with Crippen LogP contribution in [0.5, 0.6) is 0 Å². The summed E-state index contributed by atoms with van der Waals surface area (Å²) >= 11 is 0. The molecule has 0 bridgehead atoms. The summed E-state index contributed by atoms with van der Waals surface area (Å²) in [7, 11) is 0. The smallest absolute Gasteiger partial charge is 0.0159 e. The second-order valence-corrected chi connectivity index (χ2v) is 4.16. The Morgan fingerprint density at radius 1 is 1.40 bits per heavy atom.